The molecular formula is C28H32N2. The summed E-state index contributed by atoms with van der Waals surface area (Å²) >= 11 is 0. The number of hydrogen-bond donors (Lipinski definition) is 1. The molecule has 2 aliphatic rings. The number of benzene rings is 3. The first-order valence-electron chi connectivity index (χ1n) is 11.5. The summed E-state index contributed by atoms with van der Waals surface area (Å²) in [4.78, 5) is 2.64. The van der Waals surface area contributed by atoms with E-state index in [4.69, 9.17) is 0 Å². The van der Waals surface area contributed by atoms with Gasteiger partial charge in [-0.3, -0.25) is 4.90 Å². The van der Waals surface area contributed by atoms with Crippen molar-refractivity contribution in [1.82, 2.24) is 4.90 Å². The first-order chi connectivity index (χ1) is 14.8. The molecule has 0 spiro atoms. The van der Waals surface area contributed by atoms with Crippen LogP contribution in [0.25, 0.3) is 0 Å². The van der Waals surface area contributed by atoms with Crippen molar-refractivity contribution in [2.45, 2.75) is 26.3 Å². The third-order valence-corrected chi connectivity index (χ3v) is 7.03. The lowest BCUT2D eigenvalue weighted by Gasteiger charge is -2.20. The molecule has 2 nitrogen and oxygen atoms in total. The van der Waals surface area contributed by atoms with Crippen molar-refractivity contribution in [3.8, 4) is 0 Å². The number of rotatable bonds is 8. The van der Waals surface area contributed by atoms with E-state index in [1.165, 1.54) is 41.0 Å². The second-order valence-corrected chi connectivity index (χ2v) is 9.10. The number of piperidine rings is 1. The Labute approximate surface area is 180 Å². The summed E-state index contributed by atoms with van der Waals surface area (Å²) in [6.07, 6.45) is 2.13. The summed E-state index contributed by atoms with van der Waals surface area (Å²) < 4.78 is 0. The second-order valence-electron chi connectivity index (χ2n) is 9.10. The highest BCUT2D eigenvalue weighted by molar-refractivity contribution is 5.45. The van der Waals surface area contributed by atoms with Crippen LogP contribution in [0.4, 0.5) is 5.69 Å². The van der Waals surface area contributed by atoms with Gasteiger partial charge in [-0.15, -0.1) is 0 Å². The number of fused-ring (bicyclic) bond motifs is 1. The fourth-order valence-corrected chi connectivity index (χ4v) is 5.11. The quantitative estimate of drug-likeness (QED) is 0.531. The monoisotopic (exact) mass is 396 g/mol. The second kappa shape index (κ2) is 8.65. The molecule has 0 bridgehead atoms. The van der Waals surface area contributed by atoms with Gasteiger partial charge in [0.15, 0.2) is 0 Å². The Kier molecular flexibility index (Phi) is 5.59. The van der Waals surface area contributed by atoms with E-state index in [-0.39, 0.29) is 0 Å². The molecule has 2 heteroatoms. The summed E-state index contributed by atoms with van der Waals surface area (Å²) in [7, 11) is 0. The van der Waals surface area contributed by atoms with E-state index in [1.807, 2.05) is 0 Å². The average molecular weight is 397 g/mol. The lowest BCUT2D eigenvalue weighted by atomic mass is 10.0. The largest absolute Gasteiger partial charge is 0.385 e. The summed E-state index contributed by atoms with van der Waals surface area (Å²) in [5.74, 6) is 2.64. The van der Waals surface area contributed by atoms with Crippen molar-refractivity contribution in [3.63, 3.8) is 0 Å². The maximum Gasteiger partial charge on any atom is 0.0340 e. The molecule has 1 N–H and O–H groups in total. The molecule has 1 aliphatic carbocycles. The molecule has 2 unspecified atom stereocenters. The van der Waals surface area contributed by atoms with Crippen molar-refractivity contribution in [2.75, 3.05) is 25.0 Å². The van der Waals surface area contributed by atoms with Gasteiger partial charge in [0.25, 0.3) is 0 Å². The fourth-order valence-electron chi connectivity index (χ4n) is 5.11. The Morgan fingerprint density at radius 2 is 1.33 bits per heavy atom. The lowest BCUT2D eigenvalue weighted by molar-refractivity contribution is 0.280. The highest BCUT2D eigenvalue weighted by atomic mass is 15.2. The van der Waals surface area contributed by atoms with Gasteiger partial charge in [0.2, 0.25) is 0 Å². The highest BCUT2D eigenvalue weighted by Gasteiger charge is 2.54. The summed E-state index contributed by atoms with van der Waals surface area (Å²) in [5, 5.41) is 3.68. The molecule has 1 aliphatic heterocycles. The van der Waals surface area contributed by atoms with E-state index in [0.29, 0.717) is 0 Å². The van der Waals surface area contributed by atoms with Crippen molar-refractivity contribution in [2.24, 2.45) is 17.8 Å². The Morgan fingerprint density at radius 3 is 2.00 bits per heavy atom. The van der Waals surface area contributed by atoms with Crippen LogP contribution in [-0.4, -0.2) is 24.5 Å². The minimum Gasteiger partial charge on any atom is -0.385 e. The Hall–Kier alpha value is -2.58. The van der Waals surface area contributed by atoms with Crippen LogP contribution in [0.2, 0.25) is 0 Å². The molecule has 2 fully saturated rings. The molecular weight excluding hydrogens is 364 g/mol. The van der Waals surface area contributed by atoms with E-state index < -0.39 is 0 Å². The number of anilines is 1. The van der Waals surface area contributed by atoms with Crippen LogP contribution in [-0.2, 0) is 19.4 Å². The van der Waals surface area contributed by atoms with Crippen molar-refractivity contribution < 1.29 is 0 Å². The number of hydrogen-bond acceptors (Lipinski definition) is 2. The average Bonchev–Trinajstić information content (AvgIpc) is 3.25. The van der Waals surface area contributed by atoms with Crippen LogP contribution in [0.15, 0.2) is 78.9 Å². The molecule has 3 aromatic rings. The Morgan fingerprint density at radius 1 is 0.733 bits per heavy atom. The molecule has 0 radical (unpaired) electrons. The summed E-state index contributed by atoms with van der Waals surface area (Å²) in [6.45, 7) is 6.98. The summed E-state index contributed by atoms with van der Waals surface area (Å²) in [6, 6.07) is 28.9. The van der Waals surface area contributed by atoms with Gasteiger partial charge in [-0.05, 0) is 65.0 Å². The first-order valence-corrected chi connectivity index (χ1v) is 11.5. The van der Waals surface area contributed by atoms with Gasteiger partial charge in [0.05, 0.1) is 0 Å². The van der Waals surface area contributed by atoms with E-state index >= 15 is 0 Å². The third-order valence-electron chi connectivity index (χ3n) is 7.03. The van der Waals surface area contributed by atoms with Crippen molar-refractivity contribution >= 4 is 5.69 Å². The highest BCUT2D eigenvalue weighted by Crippen LogP contribution is 2.51. The third kappa shape index (κ3) is 4.44. The van der Waals surface area contributed by atoms with E-state index in [0.717, 1.165) is 43.7 Å². The predicted molar refractivity (Wildman–Crippen MR) is 126 cm³/mol. The normalized spacial score (nSPS) is 22.6. The maximum absolute atomic E-state index is 3.68. The maximum atomic E-state index is 3.68. The number of aryl methyl sites for hydroxylation is 1. The number of nitrogens with zero attached hydrogens (tertiary/aromatic N) is 1. The SMILES string of the molecule is CCc1ccc(CN2CC3C(CNc4ccc(Cc5ccccc5)cc4)C3C2)cc1. The molecule has 0 amide bonds. The molecule has 5 rings (SSSR count). The van der Waals surface area contributed by atoms with Crippen LogP contribution >= 0.6 is 0 Å². The molecule has 154 valence electrons. The standard InChI is InChI=1S/C28H32N2/c1-2-21-8-10-24(11-9-21)18-30-19-27-26(28(27)20-30)17-29-25-14-12-23(13-15-25)16-22-6-4-3-5-7-22/h3-15,26-29H,2,16-20H2,1H3. The van der Waals surface area contributed by atoms with Gasteiger partial charge in [-0.2, -0.15) is 0 Å². The smallest absolute Gasteiger partial charge is 0.0340 e. The molecule has 2 atom stereocenters. The van der Waals surface area contributed by atoms with Gasteiger partial charge in [0, 0.05) is 31.9 Å². The van der Waals surface area contributed by atoms with E-state index in [9.17, 15) is 0 Å². The zero-order valence-corrected chi connectivity index (χ0v) is 17.9. The number of nitrogens with one attached hydrogen (secondary N) is 1. The first kappa shape index (κ1) is 19.4. The van der Waals surface area contributed by atoms with E-state index in [1.54, 1.807) is 0 Å². The number of likely N-dealkylation sites (tertiary alicyclic amines) is 1. The van der Waals surface area contributed by atoms with Crippen LogP contribution in [0.1, 0.15) is 29.2 Å². The van der Waals surface area contributed by atoms with Crippen LogP contribution in [0.5, 0.6) is 0 Å². The topological polar surface area (TPSA) is 15.3 Å². The molecule has 3 aromatic carbocycles. The van der Waals surface area contributed by atoms with Gasteiger partial charge in [0.1, 0.15) is 0 Å². The van der Waals surface area contributed by atoms with E-state index in [2.05, 4.69) is 96.0 Å². The van der Waals surface area contributed by atoms with Gasteiger partial charge < -0.3 is 5.32 Å². The van der Waals surface area contributed by atoms with Crippen molar-refractivity contribution in [1.29, 1.82) is 0 Å². The van der Waals surface area contributed by atoms with Crippen LogP contribution < -0.4 is 5.32 Å². The fraction of sp³-hybridized carbons (Fsp3) is 0.357. The molecule has 30 heavy (non-hydrogen) atoms. The molecule has 1 saturated carbocycles. The van der Waals surface area contributed by atoms with Gasteiger partial charge >= 0.3 is 0 Å². The van der Waals surface area contributed by atoms with Gasteiger partial charge in [-0.1, -0.05) is 73.7 Å². The van der Waals surface area contributed by atoms with Crippen LogP contribution in [0, 0.1) is 17.8 Å². The Balaban J connectivity index is 1.06. The predicted octanol–water partition coefficient (Wildman–Crippen LogP) is 5.63. The summed E-state index contributed by atoms with van der Waals surface area (Å²) in [5.41, 5.74) is 6.89. The minimum absolute atomic E-state index is 0.854. The molecule has 0 aromatic heterocycles. The molecule has 1 saturated heterocycles. The lowest BCUT2D eigenvalue weighted by Crippen LogP contribution is -2.25. The Bertz CT molecular complexity index is 934. The molecule has 1 heterocycles. The van der Waals surface area contributed by atoms with Crippen molar-refractivity contribution in [3.05, 3.63) is 101 Å². The minimum atomic E-state index is 0.854. The van der Waals surface area contributed by atoms with Gasteiger partial charge in [-0.25, -0.2) is 0 Å². The van der Waals surface area contributed by atoms with Crippen LogP contribution in [0.3, 0.4) is 0 Å². The zero-order chi connectivity index (χ0) is 20.3. The zero-order valence-electron chi connectivity index (χ0n) is 17.9.